The van der Waals surface area contributed by atoms with Crippen molar-refractivity contribution in [3.8, 4) is 6.07 Å². The second-order valence-electron chi connectivity index (χ2n) is 3.71. The van der Waals surface area contributed by atoms with Gasteiger partial charge in [-0.3, -0.25) is 0 Å². The Bertz CT molecular complexity index is 352. The maximum absolute atomic E-state index is 10.0. The van der Waals surface area contributed by atoms with Gasteiger partial charge in [-0.2, -0.15) is 5.26 Å². The number of imidazole rings is 1. The van der Waals surface area contributed by atoms with Crippen molar-refractivity contribution in [3.63, 3.8) is 0 Å². The van der Waals surface area contributed by atoms with Gasteiger partial charge in [0, 0.05) is 7.05 Å². The number of nitriles is 1. The fourth-order valence-corrected chi connectivity index (χ4v) is 1.29. The van der Waals surface area contributed by atoms with Crippen LogP contribution in [0, 0.1) is 16.7 Å². The van der Waals surface area contributed by atoms with E-state index in [1.54, 1.807) is 31.1 Å². The molecule has 0 bridgehead atoms. The first-order valence-electron chi connectivity index (χ1n) is 4.60. The van der Waals surface area contributed by atoms with E-state index in [0.29, 0.717) is 12.1 Å². The third kappa shape index (κ3) is 1.64. The molecule has 0 aromatic carbocycles. The largest absolute Gasteiger partial charge is 0.385 e. The number of aromatic nitrogens is 2. The molecular weight excluding hydrogens is 178 g/mol. The normalized spacial score (nSPS) is 17.1. The molecule has 4 nitrogen and oxygen atoms in total. The maximum atomic E-state index is 10.0. The van der Waals surface area contributed by atoms with Crippen LogP contribution in [0.2, 0.25) is 0 Å². The quantitative estimate of drug-likeness (QED) is 0.789. The summed E-state index contributed by atoms with van der Waals surface area (Å²) in [5.74, 6) is 0. The van der Waals surface area contributed by atoms with Gasteiger partial charge in [0.25, 0.3) is 0 Å². The average Bonchev–Trinajstić information content (AvgIpc) is 2.62. The third-order valence-corrected chi connectivity index (χ3v) is 2.73. The SMILES string of the molecule is CCC(C)(C#N)C(O)c1cncn1C. The predicted molar refractivity (Wildman–Crippen MR) is 52.2 cm³/mol. The molecule has 1 rings (SSSR count). The molecule has 1 aromatic rings. The van der Waals surface area contributed by atoms with Gasteiger partial charge in [0.05, 0.1) is 29.7 Å². The molecule has 76 valence electrons. The fraction of sp³-hybridized carbons (Fsp3) is 0.600. The Labute approximate surface area is 83.8 Å². The van der Waals surface area contributed by atoms with Crippen molar-refractivity contribution in [2.75, 3.05) is 0 Å². The molecule has 0 aliphatic carbocycles. The van der Waals surface area contributed by atoms with Gasteiger partial charge in [0.1, 0.15) is 6.10 Å². The zero-order chi connectivity index (χ0) is 10.8. The van der Waals surface area contributed by atoms with E-state index < -0.39 is 11.5 Å². The van der Waals surface area contributed by atoms with E-state index in [1.165, 1.54) is 0 Å². The first kappa shape index (κ1) is 10.7. The van der Waals surface area contributed by atoms with Crippen molar-refractivity contribution in [1.29, 1.82) is 5.26 Å². The predicted octanol–water partition coefficient (Wildman–Crippen LogP) is 1.39. The summed E-state index contributed by atoms with van der Waals surface area (Å²) < 4.78 is 1.73. The van der Waals surface area contributed by atoms with Crippen molar-refractivity contribution in [2.45, 2.75) is 26.4 Å². The number of aliphatic hydroxyl groups excluding tert-OH is 1. The number of nitrogens with zero attached hydrogens (tertiary/aromatic N) is 3. The van der Waals surface area contributed by atoms with E-state index in [2.05, 4.69) is 11.1 Å². The van der Waals surface area contributed by atoms with Gasteiger partial charge in [-0.15, -0.1) is 0 Å². The van der Waals surface area contributed by atoms with Crippen LogP contribution in [0.25, 0.3) is 0 Å². The molecule has 0 spiro atoms. The lowest BCUT2D eigenvalue weighted by Gasteiger charge is -2.26. The van der Waals surface area contributed by atoms with Gasteiger partial charge in [-0.1, -0.05) is 6.92 Å². The van der Waals surface area contributed by atoms with Crippen LogP contribution in [0.5, 0.6) is 0 Å². The summed E-state index contributed by atoms with van der Waals surface area (Å²) in [6, 6.07) is 2.15. The monoisotopic (exact) mass is 193 g/mol. The highest BCUT2D eigenvalue weighted by Gasteiger charge is 2.33. The zero-order valence-corrected chi connectivity index (χ0v) is 8.73. The van der Waals surface area contributed by atoms with Crippen LogP contribution in [0.4, 0.5) is 0 Å². The molecule has 0 aliphatic rings. The lowest BCUT2D eigenvalue weighted by atomic mass is 9.82. The van der Waals surface area contributed by atoms with Gasteiger partial charge in [0.2, 0.25) is 0 Å². The third-order valence-electron chi connectivity index (χ3n) is 2.73. The van der Waals surface area contributed by atoms with Crippen molar-refractivity contribution < 1.29 is 5.11 Å². The molecule has 0 saturated heterocycles. The fourth-order valence-electron chi connectivity index (χ4n) is 1.29. The highest BCUT2D eigenvalue weighted by atomic mass is 16.3. The number of rotatable bonds is 3. The van der Waals surface area contributed by atoms with E-state index in [4.69, 9.17) is 5.26 Å². The van der Waals surface area contributed by atoms with Crippen LogP contribution < -0.4 is 0 Å². The second kappa shape index (κ2) is 3.81. The zero-order valence-electron chi connectivity index (χ0n) is 8.73. The van der Waals surface area contributed by atoms with Gasteiger partial charge in [-0.25, -0.2) is 4.98 Å². The first-order valence-corrected chi connectivity index (χ1v) is 4.60. The summed E-state index contributed by atoms with van der Waals surface area (Å²) in [5.41, 5.74) is -0.0655. The van der Waals surface area contributed by atoms with Crippen molar-refractivity contribution >= 4 is 0 Å². The minimum absolute atomic E-state index is 0.607. The number of aryl methyl sites for hydroxylation is 1. The summed E-state index contributed by atoms with van der Waals surface area (Å²) in [4.78, 5) is 3.92. The maximum Gasteiger partial charge on any atom is 0.114 e. The van der Waals surface area contributed by atoms with Crippen LogP contribution in [0.15, 0.2) is 12.5 Å². The average molecular weight is 193 g/mol. The molecular formula is C10H15N3O. The van der Waals surface area contributed by atoms with E-state index in [9.17, 15) is 5.11 Å². The molecule has 1 aromatic heterocycles. The Kier molecular flexibility index (Phi) is 2.92. The second-order valence-corrected chi connectivity index (χ2v) is 3.71. The summed E-state index contributed by atoms with van der Waals surface area (Å²) in [7, 11) is 1.80. The molecule has 0 radical (unpaired) electrons. The molecule has 2 unspecified atom stereocenters. The topological polar surface area (TPSA) is 61.8 Å². The molecule has 0 aliphatic heterocycles. The van der Waals surface area contributed by atoms with Gasteiger partial charge < -0.3 is 9.67 Å². The Morgan fingerprint density at radius 3 is 2.79 bits per heavy atom. The Hall–Kier alpha value is -1.34. The number of hydrogen-bond acceptors (Lipinski definition) is 3. The van der Waals surface area contributed by atoms with Crippen molar-refractivity contribution in [2.24, 2.45) is 12.5 Å². The van der Waals surface area contributed by atoms with E-state index in [-0.39, 0.29) is 0 Å². The molecule has 0 saturated carbocycles. The molecule has 0 fully saturated rings. The van der Waals surface area contributed by atoms with Crippen molar-refractivity contribution in [3.05, 3.63) is 18.2 Å². The van der Waals surface area contributed by atoms with Gasteiger partial charge >= 0.3 is 0 Å². The summed E-state index contributed by atoms with van der Waals surface area (Å²) in [6.07, 6.45) is 3.03. The van der Waals surface area contributed by atoms with Crippen LogP contribution in [0.3, 0.4) is 0 Å². The number of hydrogen-bond donors (Lipinski definition) is 1. The molecule has 0 amide bonds. The van der Waals surface area contributed by atoms with E-state index in [1.807, 2.05) is 6.92 Å². The highest BCUT2D eigenvalue weighted by molar-refractivity contribution is 5.12. The lowest BCUT2D eigenvalue weighted by Crippen LogP contribution is -2.24. The van der Waals surface area contributed by atoms with E-state index >= 15 is 0 Å². The van der Waals surface area contributed by atoms with Crippen molar-refractivity contribution in [1.82, 2.24) is 9.55 Å². The van der Waals surface area contributed by atoms with Gasteiger partial charge in [0.15, 0.2) is 0 Å². The lowest BCUT2D eigenvalue weighted by molar-refractivity contribution is 0.0659. The summed E-state index contributed by atoms with van der Waals surface area (Å²) >= 11 is 0. The molecule has 1 heterocycles. The molecule has 2 atom stereocenters. The first-order chi connectivity index (χ1) is 6.55. The Balaban J connectivity index is 3.02. The van der Waals surface area contributed by atoms with Gasteiger partial charge in [-0.05, 0) is 13.3 Å². The Morgan fingerprint density at radius 2 is 2.43 bits per heavy atom. The van der Waals surface area contributed by atoms with Crippen LogP contribution in [-0.2, 0) is 7.05 Å². The summed E-state index contributed by atoms with van der Waals surface area (Å²) in [5, 5.41) is 19.0. The highest BCUT2D eigenvalue weighted by Crippen LogP contribution is 2.35. The number of aliphatic hydroxyl groups is 1. The van der Waals surface area contributed by atoms with Crippen LogP contribution >= 0.6 is 0 Å². The molecule has 14 heavy (non-hydrogen) atoms. The van der Waals surface area contributed by atoms with Crippen LogP contribution in [0.1, 0.15) is 32.1 Å². The smallest absolute Gasteiger partial charge is 0.114 e. The van der Waals surface area contributed by atoms with Crippen LogP contribution in [-0.4, -0.2) is 14.7 Å². The molecule has 4 heteroatoms. The van der Waals surface area contributed by atoms with E-state index in [0.717, 1.165) is 0 Å². The Morgan fingerprint density at radius 1 is 1.79 bits per heavy atom. The summed E-state index contributed by atoms with van der Waals surface area (Å²) in [6.45, 7) is 3.65. The standard InChI is InChI=1S/C10H15N3O/c1-4-10(2,6-11)9(14)8-5-12-7-13(8)3/h5,7,9,14H,4H2,1-3H3. The minimum atomic E-state index is -0.787. The molecule has 1 N–H and O–H groups in total. The minimum Gasteiger partial charge on any atom is -0.385 e.